The molecule has 5 heterocycles. The number of benzene rings is 2. The van der Waals surface area contributed by atoms with Gasteiger partial charge in [0.05, 0.1) is 26.0 Å². The number of halogens is 1. The van der Waals surface area contributed by atoms with Crippen molar-refractivity contribution in [2.45, 2.75) is 74.6 Å². The number of carbonyl (C=O) groups excluding carboxylic acids is 4. The number of ether oxygens (including phenoxy) is 4. The zero-order valence-corrected chi connectivity index (χ0v) is 40.2. The number of phosphoric acid groups is 2. The molecule has 29 nitrogen and oxygen atoms in total. The average molecular weight is 1080 g/mol. The number of nitrogen functional groups attached to an aromatic ring is 2. The highest BCUT2D eigenvalue weighted by atomic mass is 32.2. The molecule has 33 heteroatoms. The first-order chi connectivity index (χ1) is 34.6. The molecule has 2 aliphatic heterocycles. The van der Waals surface area contributed by atoms with Gasteiger partial charge in [-0.25, -0.2) is 42.9 Å². The Morgan fingerprint density at radius 2 is 1.52 bits per heavy atom. The van der Waals surface area contributed by atoms with Crippen LogP contribution in [0.3, 0.4) is 0 Å². The van der Waals surface area contributed by atoms with E-state index in [1.165, 1.54) is 59.4 Å². The molecule has 392 valence electrons. The number of thioether (sulfide) groups is 1. The van der Waals surface area contributed by atoms with Crippen molar-refractivity contribution in [3.05, 3.63) is 101 Å². The molecule has 2 saturated heterocycles. The van der Waals surface area contributed by atoms with E-state index in [9.17, 15) is 62.4 Å². The molecule has 0 spiro atoms. The maximum Gasteiger partial charge on any atom is 0.472 e. The second-order valence-corrected chi connectivity index (χ2v) is 19.4. The summed E-state index contributed by atoms with van der Waals surface area (Å²) in [7, 11) is -10.7. The van der Waals surface area contributed by atoms with Gasteiger partial charge in [0.2, 0.25) is 5.91 Å². The summed E-state index contributed by atoms with van der Waals surface area (Å²) in [5.41, 5.74) is 11.9. The number of imidazole rings is 1. The third kappa shape index (κ3) is 14.1. The topological polar surface area (TPSA) is 423 Å². The number of aliphatic hydroxyl groups excluding tert-OH is 2. The van der Waals surface area contributed by atoms with Crippen molar-refractivity contribution in [2.75, 3.05) is 36.3 Å². The first-order valence-electron chi connectivity index (χ1n) is 21.2. The number of anilines is 3. The number of nitrogens with two attached hydrogens (primary N) is 2. The zero-order chi connectivity index (χ0) is 52.8. The number of amides is 2. The standard InChI is InChI=1S/C40H45FN10O19P2S/c1-73-28(53)13-23(48-40(58)64-14-20-4-8-22(9-5-20)47-27(52)12-19-2-6-21(41)7-3-19)38(56)69-32-24(67-37(30(32)54)51-18-46-29-34(43)44-17-45-35(29)51)16-66-72(62,63)70-33-25(15-65-71(59,60)61)68-36(31(33)55)50-11-10-26(42)49-39(50)57/h2-11,17-18,23-25,30-33,36-37,54-55H,12-16H2,1H3,(H,47,52)(H,48,58)(H,62,63)(H2,42,49,57)(H2,43,44,45)(H2,59,60,61)/t23-,24+,25+,30+,31+,32+,33+,36-,37-/m0/s1. The van der Waals surface area contributed by atoms with Gasteiger partial charge in [-0.3, -0.25) is 32.3 Å². The smallest absolute Gasteiger partial charge is 0.455 e. The molecule has 1 unspecified atom stereocenters. The van der Waals surface area contributed by atoms with Crippen molar-refractivity contribution < 1.29 is 90.1 Å². The summed E-state index contributed by atoms with van der Waals surface area (Å²) in [6, 6.07) is 10.9. The largest absolute Gasteiger partial charge is 0.472 e. The predicted octanol–water partition coefficient (Wildman–Crippen LogP) is 0.183. The lowest BCUT2D eigenvalue weighted by Crippen LogP contribution is -2.47. The number of nitrogens with one attached hydrogen (secondary N) is 2. The Bertz CT molecular complexity index is 2970. The fourth-order valence-electron chi connectivity index (χ4n) is 7.31. The van der Waals surface area contributed by atoms with Crippen LogP contribution in [-0.4, -0.2) is 139 Å². The second-order valence-electron chi connectivity index (χ2n) is 15.9. The van der Waals surface area contributed by atoms with Gasteiger partial charge < -0.3 is 65.9 Å². The van der Waals surface area contributed by atoms with E-state index in [0.29, 0.717) is 33.1 Å². The van der Waals surface area contributed by atoms with Crippen LogP contribution < -0.4 is 27.8 Å². The van der Waals surface area contributed by atoms with Crippen LogP contribution in [0.25, 0.3) is 11.2 Å². The molecule has 73 heavy (non-hydrogen) atoms. The van der Waals surface area contributed by atoms with Gasteiger partial charge in [0, 0.05) is 18.3 Å². The number of carbonyl (C=O) groups is 4. The Morgan fingerprint density at radius 3 is 2.19 bits per heavy atom. The van der Waals surface area contributed by atoms with Gasteiger partial charge in [-0.05, 0) is 47.7 Å². The Morgan fingerprint density at radius 1 is 0.877 bits per heavy atom. The third-order valence-corrected chi connectivity index (χ3v) is 12.9. The molecule has 0 saturated carbocycles. The number of alkyl carbamates (subject to hydrolysis) is 1. The molecule has 2 amide bonds. The first-order valence-corrected chi connectivity index (χ1v) is 25.5. The van der Waals surface area contributed by atoms with Crippen molar-refractivity contribution in [3.8, 4) is 0 Å². The Kier molecular flexibility index (Phi) is 17.4. The molecule has 0 radical (unpaired) electrons. The Labute approximate surface area is 414 Å². The zero-order valence-electron chi connectivity index (χ0n) is 37.6. The van der Waals surface area contributed by atoms with E-state index in [4.69, 9.17) is 39.5 Å². The van der Waals surface area contributed by atoms with Crippen LogP contribution in [0.1, 0.15) is 30.0 Å². The maximum absolute atomic E-state index is 13.9. The fraction of sp³-hybridized carbons (Fsp3) is 0.375. The molecule has 2 aromatic carbocycles. The molecular formula is C40H45FN10O19P2S. The monoisotopic (exact) mass is 1080 g/mol. The molecule has 5 aromatic rings. The average Bonchev–Trinajstić information content (AvgIpc) is 4.00. The predicted molar refractivity (Wildman–Crippen MR) is 246 cm³/mol. The number of hydrogen-bond donors (Lipinski definition) is 9. The Hall–Kier alpha value is -6.31. The van der Waals surface area contributed by atoms with E-state index in [-0.39, 0.29) is 41.7 Å². The van der Waals surface area contributed by atoms with Crippen LogP contribution >= 0.6 is 27.4 Å². The van der Waals surface area contributed by atoms with Crippen LogP contribution in [0, 0.1) is 5.82 Å². The molecule has 3 aromatic heterocycles. The lowest BCUT2D eigenvalue weighted by atomic mass is 10.1. The molecule has 0 bridgehead atoms. The number of nitrogens with zero attached hydrogens (tertiary/aromatic N) is 6. The number of fused-ring (bicyclic) bond motifs is 1. The molecule has 0 aliphatic carbocycles. The minimum atomic E-state index is -5.52. The Balaban J connectivity index is 1.05. The summed E-state index contributed by atoms with van der Waals surface area (Å²) in [6.45, 7) is -2.51. The van der Waals surface area contributed by atoms with Crippen molar-refractivity contribution in [1.82, 2.24) is 34.4 Å². The van der Waals surface area contributed by atoms with Gasteiger partial charge in [-0.15, -0.1) is 0 Å². The molecule has 7 rings (SSSR count). The molecule has 2 fully saturated rings. The van der Waals surface area contributed by atoms with Crippen LogP contribution in [-0.2, 0) is 69.1 Å². The first kappa shape index (κ1) is 54.5. The fourth-order valence-corrected chi connectivity index (χ4v) is 8.95. The van der Waals surface area contributed by atoms with Gasteiger partial charge in [0.1, 0.15) is 66.6 Å². The van der Waals surface area contributed by atoms with E-state index in [0.717, 1.165) is 24.9 Å². The van der Waals surface area contributed by atoms with Crippen molar-refractivity contribution >= 4 is 79.0 Å². The number of hydrogen-bond acceptors (Lipinski definition) is 23. The number of rotatable bonds is 20. The highest BCUT2D eigenvalue weighted by Crippen LogP contribution is 2.50. The molecular weight excluding hydrogens is 1040 g/mol. The van der Waals surface area contributed by atoms with E-state index in [1.54, 1.807) is 0 Å². The van der Waals surface area contributed by atoms with Crippen molar-refractivity contribution in [3.63, 3.8) is 0 Å². The summed E-state index contributed by atoms with van der Waals surface area (Å²) in [6.07, 6.45) is -11.9. The SMILES string of the molecule is CSC(=O)C[C@H](NC(=O)OCc1ccc(NC(=O)Cc2ccc(F)cc2)cc1)C(=O)O[C@H]1[C@@H](O)[C@@H](n2cnc3c(N)ncnc32)O[C@@H]1COP(=O)(O)O[C@H]1[C@@H](O)[C@@H](n2ccc(N)nc2=O)O[C@@H]1COP(=O)(O)O. The maximum atomic E-state index is 13.9. The lowest BCUT2D eigenvalue weighted by Gasteiger charge is -2.26. The van der Waals surface area contributed by atoms with Gasteiger partial charge >= 0.3 is 33.4 Å². The normalized spacial score (nSPS) is 23.1. The van der Waals surface area contributed by atoms with Crippen molar-refractivity contribution in [1.29, 1.82) is 0 Å². The summed E-state index contributed by atoms with van der Waals surface area (Å²) < 4.78 is 77.8. The summed E-state index contributed by atoms with van der Waals surface area (Å²) in [4.78, 5) is 110. The van der Waals surface area contributed by atoms with Gasteiger partial charge in [0.15, 0.2) is 35.1 Å². The minimum Gasteiger partial charge on any atom is -0.455 e. The summed E-state index contributed by atoms with van der Waals surface area (Å²) in [5, 5.41) is 27.2. The quantitative estimate of drug-likeness (QED) is 0.0371. The summed E-state index contributed by atoms with van der Waals surface area (Å²) >= 11 is 0.706. The van der Waals surface area contributed by atoms with Gasteiger partial charge in [-0.1, -0.05) is 36.0 Å². The highest BCUT2D eigenvalue weighted by Gasteiger charge is 2.52. The van der Waals surface area contributed by atoms with E-state index >= 15 is 0 Å². The van der Waals surface area contributed by atoms with Gasteiger partial charge in [0.25, 0.3) is 0 Å². The van der Waals surface area contributed by atoms with E-state index < -0.39 is 119 Å². The van der Waals surface area contributed by atoms with Crippen molar-refractivity contribution in [2.24, 2.45) is 0 Å². The second kappa shape index (κ2) is 23.3. The third-order valence-electron chi connectivity index (χ3n) is 10.8. The van der Waals surface area contributed by atoms with Crippen LogP contribution in [0.4, 0.5) is 26.5 Å². The molecule has 11 N–H and O–H groups in total. The van der Waals surface area contributed by atoms with Crippen LogP contribution in [0.15, 0.2) is 78.2 Å². The summed E-state index contributed by atoms with van der Waals surface area (Å²) in [5.74, 6) is -2.44. The van der Waals surface area contributed by atoms with E-state index in [1.807, 2.05) is 0 Å². The minimum absolute atomic E-state index is 0.0113. The number of esters is 1. The number of phosphoric ester groups is 2. The number of aromatic nitrogens is 6. The molecule has 2 aliphatic rings. The van der Waals surface area contributed by atoms with E-state index in [2.05, 4.69) is 35.1 Å². The van der Waals surface area contributed by atoms with Crippen LogP contribution in [0.2, 0.25) is 0 Å². The lowest BCUT2D eigenvalue weighted by molar-refractivity contribution is -0.159. The molecule has 10 atom stereocenters. The van der Waals surface area contributed by atoms with Crippen LogP contribution in [0.5, 0.6) is 0 Å². The highest BCUT2D eigenvalue weighted by molar-refractivity contribution is 8.13. The van der Waals surface area contributed by atoms with Gasteiger partial charge in [-0.2, -0.15) is 4.98 Å². The number of aliphatic hydroxyl groups is 2.